The quantitative estimate of drug-likeness (QED) is 0.497. The highest BCUT2D eigenvalue weighted by atomic mass is 32.2. The second-order valence-corrected chi connectivity index (χ2v) is 9.51. The largest absolute Gasteiger partial charge is 0.491 e. The fourth-order valence-corrected chi connectivity index (χ4v) is 4.12. The lowest BCUT2D eigenvalue weighted by atomic mass is 10.1. The fourth-order valence-electron chi connectivity index (χ4n) is 3.24. The monoisotopic (exact) mass is 452 g/mol. The summed E-state index contributed by atoms with van der Waals surface area (Å²) >= 11 is 0. The molecule has 3 rings (SSSR count). The normalized spacial score (nSPS) is 11.1. The summed E-state index contributed by atoms with van der Waals surface area (Å²) in [5.74, 6) is 0.568. The lowest BCUT2D eigenvalue weighted by Crippen LogP contribution is -2.30. The Balaban J connectivity index is 1.59. The molecule has 0 atom stereocenters. The van der Waals surface area contributed by atoms with E-state index in [9.17, 15) is 13.2 Å². The molecule has 0 aliphatic heterocycles. The molecule has 0 heterocycles. The van der Waals surface area contributed by atoms with E-state index in [2.05, 4.69) is 5.32 Å². The Hall–Kier alpha value is -3.32. The molecule has 3 aromatic rings. The zero-order chi connectivity index (χ0) is 23.1. The summed E-state index contributed by atoms with van der Waals surface area (Å²) in [6.07, 6.45) is 1.17. The van der Waals surface area contributed by atoms with Gasteiger partial charge in [-0.3, -0.25) is 9.10 Å². The molecule has 7 heteroatoms. The summed E-state index contributed by atoms with van der Waals surface area (Å²) in [5.41, 5.74) is 4.07. The third-order valence-electron chi connectivity index (χ3n) is 5.19. The number of carbonyl (C=O) groups is 1. The highest BCUT2D eigenvalue weighted by Gasteiger charge is 2.18. The molecule has 32 heavy (non-hydrogen) atoms. The number of sulfonamides is 1. The van der Waals surface area contributed by atoms with Crippen LogP contribution in [0.3, 0.4) is 0 Å². The molecule has 1 amide bonds. The van der Waals surface area contributed by atoms with Crippen LogP contribution in [0.5, 0.6) is 5.75 Å². The molecular weight excluding hydrogens is 424 g/mol. The van der Waals surface area contributed by atoms with Gasteiger partial charge in [0.15, 0.2) is 0 Å². The molecule has 6 nitrogen and oxygen atoms in total. The van der Waals surface area contributed by atoms with Crippen LogP contribution < -0.4 is 14.4 Å². The van der Waals surface area contributed by atoms with Crippen LogP contribution in [0, 0.1) is 13.8 Å². The minimum absolute atomic E-state index is 0.223. The van der Waals surface area contributed by atoms with Gasteiger partial charge in [0.2, 0.25) is 10.0 Å². The number of amides is 1. The van der Waals surface area contributed by atoms with Crippen molar-refractivity contribution in [3.63, 3.8) is 0 Å². The van der Waals surface area contributed by atoms with E-state index in [1.165, 1.54) is 10.6 Å². The number of rotatable bonds is 9. The number of anilines is 1. The predicted molar refractivity (Wildman–Crippen MR) is 128 cm³/mol. The molecule has 0 aliphatic rings. The van der Waals surface area contributed by atoms with Crippen LogP contribution in [0.4, 0.5) is 5.69 Å². The van der Waals surface area contributed by atoms with Crippen molar-refractivity contribution in [1.82, 2.24) is 5.32 Å². The van der Waals surface area contributed by atoms with Crippen LogP contribution >= 0.6 is 0 Å². The molecule has 0 aromatic heterocycles. The zero-order valence-corrected chi connectivity index (χ0v) is 19.4. The van der Waals surface area contributed by atoms with Gasteiger partial charge in [0.25, 0.3) is 5.91 Å². The second kappa shape index (κ2) is 10.3. The van der Waals surface area contributed by atoms with Gasteiger partial charge >= 0.3 is 0 Å². The Morgan fingerprint density at radius 3 is 2.28 bits per heavy atom. The SMILES string of the molecule is Cc1cccc(OCCNC(=O)c2ccc(N(Cc3ccccc3)S(C)(=O)=O)cc2)c1C. The number of hydrogen-bond acceptors (Lipinski definition) is 4. The fraction of sp³-hybridized carbons (Fsp3) is 0.240. The maximum absolute atomic E-state index is 12.4. The van der Waals surface area contributed by atoms with Gasteiger partial charge in [0, 0.05) is 5.56 Å². The summed E-state index contributed by atoms with van der Waals surface area (Å²) in [5, 5.41) is 2.83. The van der Waals surface area contributed by atoms with Gasteiger partial charge in [-0.15, -0.1) is 0 Å². The molecular formula is C25H28N2O4S. The number of nitrogens with one attached hydrogen (secondary N) is 1. The first-order valence-corrected chi connectivity index (χ1v) is 12.2. The van der Waals surface area contributed by atoms with Crippen molar-refractivity contribution >= 4 is 21.6 Å². The van der Waals surface area contributed by atoms with E-state index in [1.54, 1.807) is 24.3 Å². The van der Waals surface area contributed by atoms with Crippen LogP contribution in [-0.2, 0) is 16.6 Å². The smallest absolute Gasteiger partial charge is 0.251 e. The minimum Gasteiger partial charge on any atom is -0.491 e. The average molecular weight is 453 g/mol. The first-order valence-electron chi connectivity index (χ1n) is 10.3. The number of hydrogen-bond donors (Lipinski definition) is 1. The Morgan fingerprint density at radius 1 is 0.938 bits per heavy atom. The summed E-state index contributed by atoms with van der Waals surface area (Å²) < 4.78 is 31.7. The molecule has 0 unspecified atom stereocenters. The molecule has 0 aliphatic carbocycles. The Morgan fingerprint density at radius 2 is 1.62 bits per heavy atom. The van der Waals surface area contributed by atoms with Crippen molar-refractivity contribution < 1.29 is 17.9 Å². The number of carbonyl (C=O) groups excluding carboxylic acids is 1. The van der Waals surface area contributed by atoms with E-state index < -0.39 is 10.0 Å². The predicted octanol–water partition coefficient (Wildman–Crippen LogP) is 4.08. The first kappa shape index (κ1) is 23.3. The van der Waals surface area contributed by atoms with Gasteiger partial charge in [-0.25, -0.2) is 8.42 Å². The van der Waals surface area contributed by atoms with Gasteiger partial charge in [-0.05, 0) is 60.9 Å². The molecule has 0 radical (unpaired) electrons. The van der Waals surface area contributed by atoms with Crippen molar-refractivity contribution in [1.29, 1.82) is 0 Å². The lowest BCUT2D eigenvalue weighted by molar-refractivity contribution is 0.0947. The Labute approximate surface area is 189 Å². The number of nitrogens with zero attached hydrogens (tertiary/aromatic N) is 1. The van der Waals surface area contributed by atoms with Crippen molar-refractivity contribution in [2.75, 3.05) is 23.7 Å². The van der Waals surface area contributed by atoms with E-state index in [0.717, 1.165) is 22.4 Å². The van der Waals surface area contributed by atoms with Crippen molar-refractivity contribution in [2.45, 2.75) is 20.4 Å². The van der Waals surface area contributed by atoms with E-state index in [4.69, 9.17) is 4.74 Å². The highest BCUT2D eigenvalue weighted by Crippen LogP contribution is 2.22. The maximum Gasteiger partial charge on any atom is 0.251 e. The number of aryl methyl sites for hydroxylation is 1. The van der Waals surface area contributed by atoms with Gasteiger partial charge in [0.1, 0.15) is 12.4 Å². The second-order valence-electron chi connectivity index (χ2n) is 7.60. The third kappa shape index (κ3) is 6.11. The van der Waals surface area contributed by atoms with E-state index in [0.29, 0.717) is 24.4 Å². The maximum atomic E-state index is 12.4. The Kier molecular flexibility index (Phi) is 7.53. The molecule has 3 aromatic carbocycles. The van der Waals surface area contributed by atoms with E-state index >= 15 is 0 Å². The van der Waals surface area contributed by atoms with Crippen molar-refractivity contribution in [3.8, 4) is 5.75 Å². The summed E-state index contributed by atoms with van der Waals surface area (Å²) in [4.78, 5) is 12.4. The van der Waals surface area contributed by atoms with Crippen molar-refractivity contribution in [3.05, 3.63) is 95.1 Å². The van der Waals surface area contributed by atoms with Gasteiger partial charge in [0.05, 0.1) is 25.0 Å². The molecule has 1 N–H and O–H groups in total. The molecule has 168 valence electrons. The molecule has 0 fully saturated rings. The minimum atomic E-state index is -3.48. The van der Waals surface area contributed by atoms with Gasteiger partial charge in [-0.1, -0.05) is 42.5 Å². The number of benzene rings is 3. The van der Waals surface area contributed by atoms with E-state index in [1.807, 2.05) is 62.4 Å². The lowest BCUT2D eigenvalue weighted by Gasteiger charge is -2.22. The van der Waals surface area contributed by atoms with E-state index in [-0.39, 0.29) is 12.5 Å². The number of ether oxygens (including phenoxy) is 1. The highest BCUT2D eigenvalue weighted by molar-refractivity contribution is 7.92. The molecule has 0 saturated heterocycles. The Bertz CT molecular complexity index is 1160. The third-order valence-corrected chi connectivity index (χ3v) is 6.33. The first-order chi connectivity index (χ1) is 15.3. The summed E-state index contributed by atoms with van der Waals surface area (Å²) in [7, 11) is -3.48. The molecule has 0 saturated carbocycles. The average Bonchev–Trinajstić information content (AvgIpc) is 2.77. The van der Waals surface area contributed by atoms with Crippen molar-refractivity contribution in [2.24, 2.45) is 0 Å². The topological polar surface area (TPSA) is 75.7 Å². The van der Waals surface area contributed by atoms with Gasteiger partial charge in [-0.2, -0.15) is 0 Å². The molecule has 0 spiro atoms. The van der Waals surface area contributed by atoms with Crippen LogP contribution in [0.1, 0.15) is 27.0 Å². The van der Waals surface area contributed by atoms with Crippen LogP contribution in [0.2, 0.25) is 0 Å². The van der Waals surface area contributed by atoms with Crippen LogP contribution in [0.15, 0.2) is 72.8 Å². The van der Waals surface area contributed by atoms with Crippen LogP contribution in [-0.4, -0.2) is 33.7 Å². The van der Waals surface area contributed by atoms with Crippen LogP contribution in [0.25, 0.3) is 0 Å². The zero-order valence-electron chi connectivity index (χ0n) is 18.5. The van der Waals surface area contributed by atoms with Gasteiger partial charge < -0.3 is 10.1 Å². The summed E-state index contributed by atoms with van der Waals surface area (Å²) in [6, 6.07) is 21.8. The molecule has 0 bridgehead atoms. The summed E-state index contributed by atoms with van der Waals surface area (Å²) in [6.45, 7) is 4.96. The standard InChI is InChI=1S/C25H28N2O4S/c1-19-8-7-11-24(20(19)2)31-17-16-26-25(28)22-12-14-23(15-13-22)27(32(3,29)30)18-21-9-5-4-6-10-21/h4-15H,16-18H2,1-3H3,(H,26,28).